The van der Waals surface area contributed by atoms with Crippen LogP contribution >= 0.6 is 0 Å². The number of hydrogen-bond acceptors (Lipinski definition) is 2. The molecule has 1 aromatic carbocycles. The number of hydrogen-bond donors (Lipinski definition) is 2. The average molecular weight is 226 g/mol. The molecule has 1 aliphatic heterocycles. The molecule has 1 atom stereocenters. The molecule has 86 valence electrons. The first-order chi connectivity index (χ1) is 7.66. The zero-order valence-electron chi connectivity index (χ0n) is 8.59. The maximum Gasteiger partial charge on any atom is 0.237 e. The molecule has 0 radical (unpaired) electrons. The highest BCUT2D eigenvalue weighted by molar-refractivity contribution is 5.82. The highest BCUT2D eigenvalue weighted by Gasteiger charge is 2.22. The zero-order chi connectivity index (χ0) is 11.5. The number of carbonyl (C=O) groups is 1. The SMILES string of the molecule is O=C1NCCNC1Cc1cc(F)ccc1F. The van der Waals surface area contributed by atoms with Crippen molar-refractivity contribution in [1.29, 1.82) is 0 Å². The molecule has 0 aliphatic carbocycles. The molecule has 1 unspecified atom stereocenters. The minimum absolute atomic E-state index is 0.162. The lowest BCUT2D eigenvalue weighted by molar-refractivity contribution is -0.124. The average Bonchev–Trinajstić information content (AvgIpc) is 2.27. The van der Waals surface area contributed by atoms with Crippen LogP contribution in [0.15, 0.2) is 18.2 Å². The van der Waals surface area contributed by atoms with Crippen molar-refractivity contribution in [2.75, 3.05) is 13.1 Å². The highest BCUT2D eigenvalue weighted by Crippen LogP contribution is 2.12. The van der Waals surface area contributed by atoms with Crippen LogP contribution in [0.3, 0.4) is 0 Å². The molecule has 5 heteroatoms. The molecular weight excluding hydrogens is 214 g/mol. The maximum absolute atomic E-state index is 13.3. The Hall–Kier alpha value is -1.49. The van der Waals surface area contributed by atoms with Gasteiger partial charge in [0.15, 0.2) is 0 Å². The van der Waals surface area contributed by atoms with Crippen molar-refractivity contribution >= 4 is 5.91 Å². The Morgan fingerprint density at radius 3 is 2.88 bits per heavy atom. The van der Waals surface area contributed by atoms with Crippen molar-refractivity contribution in [2.24, 2.45) is 0 Å². The topological polar surface area (TPSA) is 41.1 Å². The van der Waals surface area contributed by atoms with Crippen LogP contribution in [-0.2, 0) is 11.2 Å². The van der Waals surface area contributed by atoms with Crippen LogP contribution < -0.4 is 10.6 Å². The Morgan fingerprint density at radius 1 is 1.31 bits per heavy atom. The molecule has 1 aliphatic rings. The second-order valence-electron chi connectivity index (χ2n) is 3.74. The quantitative estimate of drug-likeness (QED) is 0.775. The van der Waals surface area contributed by atoms with Gasteiger partial charge in [0.1, 0.15) is 11.6 Å². The normalized spacial score (nSPS) is 20.6. The van der Waals surface area contributed by atoms with Gasteiger partial charge in [-0.1, -0.05) is 0 Å². The molecule has 2 rings (SSSR count). The van der Waals surface area contributed by atoms with E-state index in [0.717, 1.165) is 18.2 Å². The van der Waals surface area contributed by atoms with Gasteiger partial charge in [-0.3, -0.25) is 4.79 Å². The van der Waals surface area contributed by atoms with Crippen molar-refractivity contribution in [1.82, 2.24) is 10.6 Å². The van der Waals surface area contributed by atoms with E-state index in [2.05, 4.69) is 10.6 Å². The Labute approximate surface area is 91.8 Å². The van der Waals surface area contributed by atoms with Crippen LogP contribution in [-0.4, -0.2) is 25.0 Å². The summed E-state index contributed by atoms with van der Waals surface area (Å²) in [6, 6.07) is 2.78. The third-order valence-electron chi connectivity index (χ3n) is 2.56. The van der Waals surface area contributed by atoms with Gasteiger partial charge in [0, 0.05) is 13.1 Å². The molecule has 1 amide bonds. The van der Waals surface area contributed by atoms with Crippen LogP contribution in [0.1, 0.15) is 5.56 Å². The summed E-state index contributed by atoms with van der Waals surface area (Å²) in [7, 11) is 0. The fourth-order valence-electron chi connectivity index (χ4n) is 1.73. The number of piperazine rings is 1. The summed E-state index contributed by atoms with van der Waals surface area (Å²) in [5.41, 5.74) is 0.217. The van der Waals surface area contributed by atoms with Crippen LogP contribution in [0.4, 0.5) is 8.78 Å². The van der Waals surface area contributed by atoms with Crippen LogP contribution in [0, 0.1) is 11.6 Å². The summed E-state index contributed by atoms with van der Waals surface area (Å²) in [6.45, 7) is 1.22. The molecule has 16 heavy (non-hydrogen) atoms. The summed E-state index contributed by atoms with van der Waals surface area (Å²) in [4.78, 5) is 11.4. The van der Waals surface area contributed by atoms with E-state index in [1.165, 1.54) is 0 Å². The van der Waals surface area contributed by atoms with Crippen molar-refractivity contribution in [3.05, 3.63) is 35.4 Å². The number of carbonyl (C=O) groups excluding carboxylic acids is 1. The van der Waals surface area contributed by atoms with E-state index in [4.69, 9.17) is 0 Å². The first-order valence-corrected chi connectivity index (χ1v) is 5.12. The molecule has 1 saturated heterocycles. The number of benzene rings is 1. The fourth-order valence-corrected chi connectivity index (χ4v) is 1.73. The number of halogens is 2. The van der Waals surface area contributed by atoms with Crippen LogP contribution in [0.25, 0.3) is 0 Å². The third kappa shape index (κ3) is 2.36. The molecule has 3 nitrogen and oxygen atoms in total. The van der Waals surface area contributed by atoms with Gasteiger partial charge in [0.25, 0.3) is 0 Å². The van der Waals surface area contributed by atoms with Gasteiger partial charge in [0.2, 0.25) is 5.91 Å². The van der Waals surface area contributed by atoms with Crippen molar-refractivity contribution in [3.8, 4) is 0 Å². The van der Waals surface area contributed by atoms with Crippen molar-refractivity contribution in [3.63, 3.8) is 0 Å². The molecule has 0 aromatic heterocycles. The monoisotopic (exact) mass is 226 g/mol. The zero-order valence-corrected chi connectivity index (χ0v) is 8.59. The molecule has 1 aromatic rings. The molecule has 1 heterocycles. The number of amides is 1. The predicted octanol–water partition coefficient (Wildman–Crippen LogP) is 0.595. The van der Waals surface area contributed by atoms with Crippen molar-refractivity contribution in [2.45, 2.75) is 12.5 Å². The summed E-state index contributed by atoms with van der Waals surface area (Å²) in [5.74, 6) is -1.15. The van der Waals surface area contributed by atoms with Gasteiger partial charge in [0.05, 0.1) is 6.04 Å². The Kier molecular flexibility index (Phi) is 3.14. The first-order valence-electron chi connectivity index (χ1n) is 5.12. The lowest BCUT2D eigenvalue weighted by atomic mass is 10.0. The summed E-state index contributed by atoms with van der Waals surface area (Å²) in [5, 5.41) is 5.63. The van der Waals surface area contributed by atoms with Crippen LogP contribution in [0.2, 0.25) is 0 Å². The lowest BCUT2D eigenvalue weighted by Gasteiger charge is -2.23. The Morgan fingerprint density at radius 2 is 2.12 bits per heavy atom. The number of rotatable bonds is 2. The standard InChI is InChI=1S/C11H12F2N2O/c12-8-1-2-9(13)7(5-8)6-10-11(16)15-4-3-14-10/h1-2,5,10,14H,3-4,6H2,(H,15,16). The van der Waals surface area contributed by atoms with Gasteiger partial charge in [-0.15, -0.1) is 0 Å². The first kappa shape index (κ1) is 11.0. The van der Waals surface area contributed by atoms with Gasteiger partial charge in [-0.25, -0.2) is 8.78 Å². The summed E-state index contributed by atoms with van der Waals surface area (Å²) >= 11 is 0. The smallest absolute Gasteiger partial charge is 0.237 e. The van der Waals surface area contributed by atoms with Gasteiger partial charge in [-0.05, 0) is 30.2 Å². The minimum Gasteiger partial charge on any atom is -0.353 e. The van der Waals surface area contributed by atoms with Crippen molar-refractivity contribution < 1.29 is 13.6 Å². The van der Waals surface area contributed by atoms with E-state index in [0.29, 0.717) is 13.1 Å². The van der Waals surface area contributed by atoms with E-state index in [1.807, 2.05) is 0 Å². The van der Waals surface area contributed by atoms with E-state index in [9.17, 15) is 13.6 Å². The van der Waals surface area contributed by atoms with E-state index in [-0.39, 0.29) is 17.9 Å². The van der Waals surface area contributed by atoms with Gasteiger partial charge >= 0.3 is 0 Å². The lowest BCUT2D eigenvalue weighted by Crippen LogP contribution is -2.53. The van der Waals surface area contributed by atoms with Crippen LogP contribution in [0.5, 0.6) is 0 Å². The maximum atomic E-state index is 13.3. The van der Waals surface area contributed by atoms with E-state index < -0.39 is 17.7 Å². The highest BCUT2D eigenvalue weighted by atomic mass is 19.1. The molecule has 2 N–H and O–H groups in total. The second kappa shape index (κ2) is 4.57. The second-order valence-corrected chi connectivity index (χ2v) is 3.74. The molecule has 0 spiro atoms. The van der Waals surface area contributed by atoms with E-state index >= 15 is 0 Å². The predicted molar refractivity (Wildman–Crippen MR) is 54.9 cm³/mol. The largest absolute Gasteiger partial charge is 0.353 e. The van der Waals surface area contributed by atoms with E-state index in [1.54, 1.807) is 0 Å². The number of nitrogens with one attached hydrogen (secondary N) is 2. The summed E-state index contributed by atoms with van der Waals surface area (Å²) < 4.78 is 26.2. The molecular formula is C11H12F2N2O. The summed E-state index contributed by atoms with van der Waals surface area (Å²) in [6.07, 6.45) is 0.162. The fraction of sp³-hybridized carbons (Fsp3) is 0.364. The van der Waals surface area contributed by atoms with Gasteiger partial charge in [-0.2, -0.15) is 0 Å². The Bertz CT molecular complexity index is 409. The molecule has 0 saturated carbocycles. The minimum atomic E-state index is -0.493. The van der Waals surface area contributed by atoms with Gasteiger partial charge < -0.3 is 10.6 Å². The molecule has 0 bridgehead atoms. The Balaban J connectivity index is 2.13. The third-order valence-corrected chi connectivity index (χ3v) is 2.56. The molecule has 1 fully saturated rings.